The molecular weight excluding hydrogens is 168 g/mol. The SMILES string of the molecule is [C-]#[N+]c1c(C)cc(=O)n(CC)c1O. The first-order chi connectivity index (χ1) is 6.11. The molecule has 0 saturated carbocycles. The lowest BCUT2D eigenvalue weighted by Gasteiger charge is -2.07. The van der Waals surface area contributed by atoms with Crippen molar-refractivity contribution in [1.82, 2.24) is 4.57 Å². The van der Waals surface area contributed by atoms with Gasteiger partial charge in [-0.15, -0.1) is 0 Å². The van der Waals surface area contributed by atoms with Crippen molar-refractivity contribution < 1.29 is 5.11 Å². The van der Waals surface area contributed by atoms with Crippen molar-refractivity contribution in [2.75, 3.05) is 0 Å². The van der Waals surface area contributed by atoms with Crippen LogP contribution in [0.4, 0.5) is 5.69 Å². The van der Waals surface area contributed by atoms with Crippen molar-refractivity contribution in [3.8, 4) is 5.88 Å². The minimum atomic E-state index is -0.273. The molecule has 4 heteroatoms. The molecule has 0 unspecified atom stereocenters. The van der Waals surface area contributed by atoms with Gasteiger partial charge in [0.1, 0.15) is 0 Å². The maximum atomic E-state index is 11.3. The maximum absolute atomic E-state index is 11.3. The first kappa shape index (κ1) is 9.33. The number of aryl methyl sites for hydroxylation is 1. The van der Waals surface area contributed by atoms with Crippen LogP contribution in [0.3, 0.4) is 0 Å². The zero-order chi connectivity index (χ0) is 10.0. The fraction of sp³-hybridized carbons (Fsp3) is 0.333. The molecule has 13 heavy (non-hydrogen) atoms. The number of hydrogen-bond acceptors (Lipinski definition) is 2. The second kappa shape index (κ2) is 3.31. The van der Waals surface area contributed by atoms with E-state index in [4.69, 9.17) is 6.57 Å². The molecule has 0 bridgehead atoms. The Morgan fingerprint density at radius 2 is 2.31 bits per heavy atom. The smallest absolute Gasteiger partial charge is 0.251 e. The third-order valence-corrected chi connectivity index (χ3v) is 1.88. The second-order valence-electron chi connectivity index (χ2n) is 2.69. The number of pyridine rings is 1. The monoisotopic (exact) mass is 178 g/mol. The fourth-order valence-electron chi connectivity index (χ4n) is 1.18. The number of aromatic nitrogens is 1. The van der Waals surface area contributed by atoms with E-state index in [-0.39, 0.29) is 17.1 Å². The number of hydrogen-bond donors (Lipinski definition) is 1. The van der Waals surface area contributed by atoms with E-state index in [1.54, 1.807) is 13.8 Å². The van der Waals surface area contributed by atoms with E-state index in [2.05, 4.69) is 4.85 Å². The summed E-state index contributed by atoms with van der Waals surface area (Å²) in [5, 5.41) is 9.50. The van der Waals surface area contributed by atoms with Gasteiger partial charge in [-0.3, -0.25) is 9.36 Å². The van der Waals surface area contributed by atoms with Crippen molar-refractivity contribution >= 4 is 5.69 Å². The number of nitrogens with zero attached hydrogens (tertiary/aromatic N) is 2. The summed E-state index contributed by atoms with van der Waals surface area (Å²) in [6.07, 6.45) is 0. The van der Waals surface area contributed by atoms with Gasteiger partial charge >= 0.3 is 0 Å². The first-order valence-corrected chi connectivity index (χ1v) is 3.92. The third kappa shape index (κ3) is 1.41. The lowest BCUT2D eigenvalue weighted by atomic mass is 10.2. The second-order valence-corrected chi connectivity index (χ2v) is 2.69. The molecule has 0 fully saturated rings. The summed E-state index contributed by atoms with van der Waals surface area (Å²) in [6, 6.07) is 1.36. The van der Waals surface area contributed by atoms with E-state index in [1.165, 1.54) is 10.6 Å². The standard InChI is InChI=1S/C9H10N2O2/c1-4-11-7(12)5-6(2)8(10-3)9(11)13/h5,13H,4H2,1-2H3. The minimum absolute atomic E-state index is 0.154. The van der Waals surface area contributed by atoms with Crippen LogP contribution in [0.1, 0.15) is 12.5 Å². The van der Waals surface area contributed by atoms with Crippen LogP contribution < -0.4 is 5.56 Å². The molecule has 68 valence electrons. The average Bonchev–Trinajstić information content (AvgIpc) is 2.04. The highest BCUT2D eigenvalue weighted by atomic mass is 16.3. The molecule has 0 amide bonds. The van der Waals surface area contributed by atoms with Crippen LogP contribution >= 0.6 is 0 Å². The van der Waals surface area contributed by atoms with Gasteiger partial charge in [0.05, 0.1) is 6.57 Å². The van der Waals surface area contributed by atoms with Crippen LogP contribution in [-0.2, 0) is 6.54 Å². The van der Waals surface area contributed by atoms with Crippen LogP contribution in [0.25, 0.3) is 4.85 Å². The number of rotatable bonds is 1. The summed E-state index contributed by atoms with van der Waals surface area (Å²) in [4.78, 5) is 14.4. The summed E-state index contributed by atoms with van der Waals surface area (Å²) in [6.45, 7) is 10.6. The molecule has 0 aromatic carbocycles. The Hall–Kier alpha value is -1.76. The van der Waals surface area contributed by atoms with Crippen LogP contribution in [0.5, 0.6) is 5.88 Å². The van der Waals surface area contributed by atoms with Crippen molar-refractivity contribution in [1.29, 1.82) is 0 Å². The van der Waals surface area contributed by atoms with Gasteiger partial charge in [-0.05, 0) is 25.5 Å². The topological polar surface area (TPSA) is 46.6 Å². The van der Waals surface area contributed by atoms with Crippen LogP contribution in [0.2, 0.25) is 0 Å². The molecule has 1 heterocycles. The molecule has 0 saturated heterocycles. The summed E-state index contributed by atoms with van der Waals surface area (Å²) in [5.41, 5.74) is 0.397. The van der Waals surface area contributed by atoms with Crippen molar-refractivity contribution in [2.24, 2.45) is 0 Å². The molecule has 4 nitrogen and oxygen atoms in total. The molecule has 0 spiro atoms. The lowest BCUT2D eigenvalue weighted by molar-refractivity contribution is 0.414. The Bertz CT molecular complexity index is 426. The van der Waals surface area contributed by atoms with Crippen molar-refractivity contribution in [2.45, 2.75) is 20.4 Å². The van der Waals surface area contributed by atoms with E-state index in [0.29, 0.717) is 12.1 Å². The molecular formula is C9H10N2O2. The quantitative estimate of drug-likeness (QED) is 0.661. The lowest BCUT2D eigenvalue weighted by Crippen LogP contribution is -2.18. The van der Waals surface area contributed by atoms with E-state index < -0.39 is 0 Å². The van der Waals surface area contributed by atoms with Gasteiger partial charge in [-0.25, -0.2) is 4.85 Å². The minimum Gasteiger partial charge on any atom is -0.503 e. The van der Waals surface area contributed by atoms with Gasteiger partial charge in [0.25, 0.3) is 5.56 Å². The van der Waals surface area contributed by atoms with Crippen LogP contribution in [-0.4, -0.2) is 9.67 Å². The fourth-order valence-corrected chi connectivity index (χ4v) is 1.18. The normalized spacial score (nSPS) is 9.62. The zero-order valence-corrected chi connectivity index (χ0v) is 7.53. The average molecular weight is 178 g/mol. The van der Waals surface area contributed by atoms with Crippen molar-refractivity contribution in [3.63, 3.8) is 0 Å². The van der Waals surface area contributed by atoms with E-state index in [0.717, 1.165) is 0 Å². The van der Waals surface area contributed by atoms with Gasteiger partial charge in [-0.1, -0.05) is 0 Å². The van der Waals surface area contributed by atoms with Gasteiger partial charge in [0, 0.05) is 6.54 Å². The number of aromatic hydroxyl groups is 1. The largest absolute Gasteiger partial charge is 0.503 e. The predicted molar refractivity (Wildman–Crippen MR) is 49.0 cm³/mol. The van der Waals surface area contributed by atoms with Gasteiger partial charge in [0.2, 0.25) is 5.69 Å². The van der Waals surface area contributed by atoms with Crippen LogP contribution in [0.15, 0.2) is 10.9 Å². The Morgan fingerprint density at radius 3 is 2.77 bits per heavy atom. The molecule has 1 aromatic heterocycles. The summed E-state index contributed by atoms with van der Waals surface area (Å²) < 4.78 is 1.17. The summed E-state index contributed by atoms with van der Waals surface area (Å²) in [7, 11) is 0. The molecule has 1 aromatic rings. The molecule has 1 rings (SSSR count). The van der Waals surface area contributed by atoms with Gasteiger partial charge < -0.3 is 5.11 Å². The van der Waals surface area contributed by atoms with Crippen LogP contribution in [0, 0.1) is 13.5 Å². The third-order valence-electron chi connectivity index (χ3n) is 1.88. The molecule has 0 aliphatic carbocycles. The first-order valence-electron chi connectivity index (χ1n) is 3.92. The Balaban J connectivity index is 3.60. The summed E-state index contributed by atoms with van der Waals surface area (Å²) >= 11 is 0. The highest BCUT2D eigenvalue weighted by Gasteiger charge is 2.10. The Kier molecular flexibility index (Phi) is 2.38. The molecule has 0 radical (unpaired) electrons. The maximum Gasteiger partial charge on any atom is 0.251 e. The zero-order valence-electron chi connectivity index (χ0n) is 7.53. The Morgan fingerprint density at radius 1 is 1.69 bits per heavy atom. The molecule has 0 aliphatic rings. The molecule has 0 atom stereocenters. The van der Waals surface area contributed by atoms with Crippen molar-refractivity contribution in [3.05, 3.63) is 33.4 Å². The van der Waals surface area contributed by atoms with E-state index in [1.807, 2.05) is 0 Å². The molecule has 0 aliphatic heterocycles. The van der Waals surface area contributed by atoms with Gasteiger partial charge in [0.15, 0.2) is 5.88 Å². The highest BCUT2D eigenvalue weighted by Crippen LogP contribution is 2.27. The summed E-state index contributed by atoms with van der Waals surface area (Å²) in [5.74, 6) is -0.234. The highest BCUT2D eigenvalue weighted by molar-refractivity contribution is 5.58. The Labute approximate surface area is 75.9 Å². The van der Waals surface area contributed by atoms with E-state index in [9.17, 15) is 9.90 Å². The van der Waals surface area contributed by atoms with E-state index >= 15 is 0 Å². The van der Waals surface area contributed by atoms with Gasteiger partial charge in [-0.2, -0.15) is 0 Å². The predicted octanol–water partition coefficient (Wildman–Crippen LogP) is 1.43. The molecule has 1 N–H and O–H groups in total.